The van der Waals surface area contributed by atoms with Gasteiger partial charge in [0.25, 0.3) is 0 Å². The Morgan fingerprint density at radius 1 is 1.15 bits per heavy atom. The third-order valence-corrected chi connectivity index (χ3v) is 7.68. The van der Waals surface area contributed by atoms with E-state index in [1.165, 1.54) is 22.5 Å². The van der Waals surface area contributed by atoms with Crippen LogP contribution >= 0.6 is 0 Å². The van der Waals surface area contributed by atoms with Gasteiger partial charge in [0.05, 0.1) is 11.1 Å². The number of anilines is 1. The van der Waals surface area contributed by atoms with E-state index in [9.17, 15) is 5.26 Å². The van der Waals surface area contributed by atoms with Crippen molar-refractivity contribution in [3.63, 3.8) is 0 Å². The fourth-order valence-electron chi connectivity index (χ4n) is 6.03. The second kappa shape index (κ2) is 8.95. The number of hydrogen-bond acceptors (Lipinski definition) is 7. The molecule has 2 saturated heterocycles. The fraction of sp³-hybridized carbons (Fsp3) is 0.444. The Kier molecular flexibility index (Phi) is 5.66. The lowest BCUT2D eigenvalue weighted by Gasteiger charge is -2.51. The number of fused-ring (bicyclic) bond motifs is 3. The van der Waals surface area contributed by atoms with Crippen molar-refractivity contribution in [1.82, 2.24) is 25.1 Å². The van der Waals surface area contributed by atoms with Gasteiger partial charge < -0.3 is 10.2 Å². The smallest absolute Gasteiger partial charge is 0.101 e. The number of nitrogens with zero attached hydrogens (tertiary/aromatic N) is 6. The van der Waals surface area contributed by atoms with Crippen molar-refractivity contribution in [3.05, 3.63) is 65.1 Å². The van der Waals surface area contributed by atoms with Gasteiger partial charge in [-0.3, -0.25) is 19.8 Å². The molecule has 174 valence electrons. The van der Waals surface area contributed by atoms with Crippen LogP contribution in [0.2, 0.25) is 0 Å². The molecule has 0 saturated carbocycles. The molecule has 2 aromatic heterocycles. The molecule has 34 heavy (non-hydrogen) atoms. The first-order valence-electron chi connectivity index (χ1n) is 12.4. The summed E-state index contributed by atoms with van der Waals surface area (Å²) < 4.78 is 0. The molecule has 0 amide bonds. The zero-order valence-electron chi connectivity index (χ0n) is 19.7. The SMILES string of the molecule is C[C@@H]1CN(c2ccc(C#N)c3ncccc23)C[C@@H]2CN(Cc3cnc4c(c3)CNCC4)CCN21. The number of benzene rings is 1. The van der Waals surface area contributed by atoms with Crippen molar-refractivity contribution in [2.75, 3.05) is 44.2 Å². The second-order valence-corrected chi connectivity index (χ2v) is 9.90. The van der Waals surface area contributed by atoms with Crippen LogP contribution in [0, 0.1) is 11.3 Å². The summed E-state index contributed by atoms with van der Waals surface area (Å²) in [5, 5.41) is 14.1. The monoisotopic (exact) mass is 453 g/mol. The van der Waals surface area contributed by atoms with E-state index in [0.717, 1.165) is 69.7 Å². The maximum absolute atomic E-state index is 9.53. The van der Waals surface area contributed by atoms with Gasteiger partial charge in [0.1, 0.15) is 6.07 Å². The molecule has 6 rings (SSSR count). The van der Waals surface area contributed by atoms with Crippen LogP contribution in [-0.4, -0.2) is 71.1 Å². The molecule has 2 fully saturated rings. The summed E-state index contributed by atoms with van der Waals surface area (Å²) in [5.74, 6) is 0. The molecule has 0 unspecified atom stereocenters. The fourth-order valence-corrected chi connectivity index (χ4v) is 6.03. The molecule has 1 aromatic carbocycles. The Labute approximate surface area is 201 Å². The van der Waals surface area contributed by atoms with Crippen molar-refractivity contribution in [2.24, 2.45) is 0 Å². The number of rotatable bonds is 3. The van der Waals surface area contributed by atoms with Crippen LogP contribution in [0.15, 0.2) is 42.7 Å². The molecule has 0 radical (unpaired) electrons. The molecule has 7 heteroatoms. The molecule has 1 N–H and O–H groups in total. The average Bonchev–Trinajstić information content (AvgIpc) is 2.87. The molecule has 0 bridgehead atoms. The Hall–Kier alpha value is -3.05. The van der Waals surface area contributed by atoms with Crippen LogP contribution in [0.25, 0.3) is 10.9 Å². The molecule has 3 aliphatic heterocycles. The van der Waals surface area contributed by atoms with Gasteiger partial charge in [0, 0.05) is 100 Å². The maximum atomic E-state index is 9.53. The molecule has 7 nitrogen and oxygen atoms in total. The Bertz CT molecular complexity index is 1250. The molecule has 5 heterocycles. The van der Waals surface area contributed by atoms with Crippen LogP contribution in [0.1, 0.15) is 29.3 Å². The third-order valence-electron chi connectivity index (χ3n) is 7.68. The van der Waals surface area contributed by atoms with Gasteiger partial charge in [-0.15, -0.1) is 0 Å². The van der Waals surface area contributed by atoms with Crippen molar-refractivity contribution in [2.45, 2.75) is 38.5 Å². The molecule has 3 aliphatic rings. The number of nitriles is 1. The van der Waals surface area contributed by atoms with E-state index < -0.39 is 0 Å². The Balaban J connectivity index is 1.21. The minimum absolute atomic E-state index is 0.479. The van der Waals surface area contributed by atoms with Gasteiger partial charge >= 0.3 is 0 Å². The van der Waals surface area contributed by atoms with Crippen molar-refractivity contribution in [3.8, 4) is 6.07 Å². The van der Waals surface area contributed by atoms with Crippen molar-refractivity contribution in [1.29, 1.82) is 5.26 Å². The van der Waals surface area contributed by atoms with E-state index in [1.807, 2.05) is 12.1 Å². The predicted molar refractivity (Wildman–Crippen MR) is 134 cm³/mol. The van der Waals surface area contributed by atoms with Crippen LogP contribution < -0.4 is 10.2 Å². The summed E-state index contributed by atoms with van der Waals surface area (Å²) in [6, 6.07) is 13.7. The van der Waals surface area contributed by atoms with Crippen molar-refractivity contribution < 1.29 is 0 Å². The average molecular weight is 454 g/mol. The number of hydrogen-bond donors (Lipinski definition) is 1. The lowest BCUT2D eigenvalue weighted by Crippen LogP contribution is -2.65. The standard InChI is InChI=1S/C27H31N7/c1-19-15-33(26-5-4-21(12-28)27-24(26)3-2-7-30-27)18-23-17-32(9-10-34(19)23)16-20-11-22-14-29-8-6-25(22)31-13-20/h2-5,7,11,13,19,23,29H,6,8-10,14-18H2,1H3/t19-,23+/m1/s1. The van der Waals surface area contributed by atoms with Gasteiger partial charge in [0.15, 0.2) is 0 Å². The van der Waals surface area contributed by atoms with Crippen LogP contribution in [0.3, 0.4) is 0 Å². The largest absolute Gasteiger partial charge is 0.368 e. The van der Waals surface area contributed by atoms with E-state index in [2.05, 4.69) is 62.4 Å². The van der Waals surface area contributed by atoms with E-state index in [-0.39, 0.29) is 0 Å². The first kappa shape index (κ1) is 21.5. The molecule has 3 aromatic rings. The van der Waals surface area contributed by atoms with Gasteiger partial charge in [-0.05, 0) is 48.4 Å². The summed E-state index contributed by atoms with van der Waals surface area (Å²) in [5.41, 5.74) is 6.58. The van der Waals surface area contributed by atoms with Gasteiger partial charge in [-0.1, -0.05) is 0 Å². The first-order chi connectivity index (χ1) is 16.7. The first-order valence-corrected chi connectivity index (χ1v) is 12.4. The second-order valence-electron chi connectivity index (χ2n) is 9.90. The number of nitrogens with one attached hydrogen (secondary N) is 1. The lowest BCUT2D eigenvalue weighted by atomic mass is 10.00. The summed E-state index contributed by atoms with van der Waals surface area (Å²) in [6.07, 6.45) is 4.89. The predicted octanol–water partition coefficient (Wildman–Crippen LogP) is 2.54. The van der Waals surface area contributed by atoms with E-state index in [4.69, 9.17) is 4.98 Å². The summed E-state index contributed by atoms with van der Waals surface area (Å²) in [7, 11) is 0. The van der Waals surface area contributed by atoms with Crippen LogP contribution in [0.5, 0.6) is 0 Å². The normalized spacial score (nSPS) is 23.4. The topological polar surface area (TPSA) is 71.3 Å². The highest BCUT2D eigenvalue weighted by atomic mass is 15.4. The minimum Gasteiger partial charge on any atom is -0.368 e. The van der Waals surface area contributed by atoms with Gasteiger partial charge in [0.2, 0.25) is 0 Å². The Morgan fingerprint density at radius 2 is 2.09 bits per heavy atom. The molecular formula is C27H31N7. The third kappa shape index (κ3) is 3.92. The number of pyridine rings is 2. The maximum Gasteiger partial charge on any atom is 0.101 e. The Morgan fingerprint density at radius 3 is 3.00 bits per heavy atom. The van der Waals surface area contributed by atoms with E-state index >= 15 is 0 Å². The van der Waals surface area contributed by atoms with Gasteiger partial charge in [-0.25, -0.2) is 0 Å². The lowest BCUT2D eigenvalue weighted by molar-refractivity contribution is 0.0317. The number of aromatic nitrogens is 2. The highest BCUT2D eigenvalue weighted by Crippen LogP contribution is 2.32. The minimum atomic E-state index is 0.479. The summed E-state index contributed by atoms with van der Waals surface area (Å²) in [6.45, 7) is 10.5. The molecule has 0 aliphatic carbocycles. The van der Waals surface area contributed by atoms with E-state index in [1.54, 1.807) is 6.20 Å². The van der Waals surface area contributed by atoms with E-state index in [0.29, 0.717) is 17.6 Å². The molecular weight excluding hydrogens is 422 g/mol. The van der Waals surface area contributed by atoms with Crippen LogP contribution in [0.4, 0.5) is 5.69 Å². The zero-order chi connectivity index (χ0) is 23.1. The molecule has 2 atom stereocenters. The highest BCUT2D eigenvalue weighted by molar-refractivity contribution is 5.95. The quantitative estimate of drug-likeness (QED) is 0.653. The van der Waals surface area contributed by atoms with Crippen LogP contribution in [-0.2, 0) is 19.5 Å². The molecule has 0 spiro atoms. The van der Waals surface area contributed by atoms with Gasteiger partial charge in [-0.2, -0.15) is 5.26 Å². The zero-order valence-corrected chi connectivity index (χ0v) is 19.7. The summed E-state index contributed by atoms with van der Waals surface area (Å²) in [4.78, 5) is 17.1. The highest BCUT2D eigenvalue weighted by Gasteiger charge is 2.36. The summed E-state index contributed by atoms with van der Waals surface area (Å²) >= 11 is 0. The number of piperazine rings is 2. The van der Waals surface area contributed by atoms with Crippen molar-refractivity contribution >= 4 is 16.6 Å².